The van der Waals surface area contributed by atoms with Crippen molar-refractivity contribution in [3.8, 4) is 11.1 Å². The predicted octanol–water partition coefficient (Wildman–Crippen LogP) is 3.70. The van der Waals surface area contributed by atoms with Gasteiger partial charge in [0.25, 0.3) is 0 Å². The Labute approximate surface area is 188 Å². The normalized spacial score (nSPS) is 22.5. The SMILES string of the molecule is CN1C(N)=NC(C)(c2sc3c(-c4ccc(N5CCN=N5)cc4)cccc3c2F)CS1(=O)=O. The Morgan fingerprint density at radius 3 is 2.59 bits per heavy atom. The lowest BCUT2D eigenvalue weighted by Gasteiger charge is -2.33. The fourth-order valence-electron chi connectivity index (χ4n) is 4.03. The number of guanidine groups is 1. The first-order chi connectivity index (χ1) is 15.2. The van der Waals surface area contributed by atoms with E-state index in [1.54, 1.807) is 19.1 Å². The molecule has 1 aromatic heterocycles. The van der Waals surface area contributed by atoms with Crippen LogP contribution in [0, 0.1) is 5.82 Å². The van der Waals surface area contributed by atoms with Gasteiger partial charge in [0.1, 0.15) is 11.4 Å². The first kappa shape index (κ1) is 20.8. The van der Waals surface area contributed by atoms with E-state index in [-0.39, 0.29) is 16.6 Å². The van der Waals surface area contributed by atoms with Crippen LogP contribution in [0.3, 0.4) is 0 Å². The van der Waals surface area contributed by atoms with Crippen LogP contribution in [0.1, 0.15) is 11.8 Å². The van der Waals surface area contributed by atoms with Crippen LogP contribution in [0.4, 0.5) is 10.1 Å². The minimum absolute atomic E-state index is 0.148. The molecule has 0 spiro atoms. The molecule has 32 heavy (non-hydrogen) atoms. The molecule has 0 amide bonds. The lowest BCUT2D eigenvalue weighted by Crippen LogP contribution is -2.50. The van der Waals surface area contributed by atoms with E-state index < -0.39 is 21.4 Å². The smallest absolute Gasteiger partial charge is 0.239 e. The van der Waals surface area contributed by atoms with Gasteiger partial charge in [-0.05, 0) is 30.2 Å². The van der Waals surface area contributed by atoms with Gasteiger partial charge in [0.15, 0.2) is 0 Å². The number of benzene rings is 2. The lowest BCUT2D eigenvalue weighted by atomic mass is 10.0. The third-order valence-corrected chi connectivity index (χ3v) is 9.18. The summed E-state index contributed by atoms with van der Waals surface area (Å²) in [6.45, 7) is 3.03. The van der Waals surface area contributed by atoms with Gasteiger partial charge in [-0.25, -0.2) is 27.1 Å². The molecule has 8 nitrogen and oxygen atoms in total. The van der Waals surface area contributed by atoms with Gasteiger partial charge in [0.05, 0.1) is 29.4 Å². The largest absolute Gasteiger partial charge is 0.369 e. The van der Waals surface area contributed by atoms with Crippen molar-refractivity contribution in [1.82, 2.24) is 4.31 Å². The quantitative estimate of drug-likeness (QED) is 0.628. The van der Waals surface area contributed by atoms with Crippen LogP contribution in [0.2, 0.25) is 0 Å². The third-order valence-electron chi connectivity index (χ3n) is 5.77. The van der Waals surface area contributed by atoms with Crippen molar-refractivity contribution < 1.29 is 12.8 Å². The van der Waals surface area contributed by atoms with E-state index >= 15 is 4.39 Å². The Bertz CT molecular complexity index is 1380. The zero-order chi connectivity index (χ0) is 22.7. The minimum Gasteiger partial charge on any atom is -0.369 e. The van der Waals surface area contributed by atoms with Crippen LogP contribution < -0.4 is 10.7 Å². The van der Waals surface area contributed by atoms with Gasteiger partial charge in [-0.15, -0.1) is 11.3 Å². The average molecular weight is 473 g/mol. The van der Waals surface area contributed by atoms with Crippen LogP contribution in [-0.2, 0) is 15.6 Å². The van der Waals surface area contributed by atoms with Crippen molar-refractivity contribution >= 4 is 43.1 Å². The highest BCUT2D eigenvalue weighted by molar-refractivity contribution is 7.89. The number of nitrogens with zero attached hydrogens (tertiary/aromatic N) is 5. The molecule has 2 aromatic carbocycles. The van der Waals surface area contributed by atoms with E-state index in [2.05, 4.69) is 15.3 Å². The van der Waals surface area contributed by atoms with E-state index in [0.29, 0.717) is 11.9 Å². The topological polar surface area (TPSA) is 104 Å². The molecule has 5 rings (SSSR count). The summed E-state index contributed by atoms with van der Waals surface area (Å²) < 4.78 is 42.4. The van der Waals surface area contributed by atoms with Crippen LogP contribution >= 0.6 is 11.3 Å². The summed E-state index contributed by atoms with van der Waals surface area (Å²) in [7, 11) is -2.35. The van der Waals surface area contributed by atoms with Crippen molar-refractivity contribution in [3.63, 3.8) is 0 Å². The molecule has 0 fully saturated rings. The summed E-state index contributed by atoms with van der Waals surface area (Å²) in [6.07, 6.45) is 0. The van der Waals surface area contributed by atoms with Gasteiger partial charge in [0, 0.05) is 17.1 Å². The summed E-state index contributed by atoms with van der Waals surface area (Å²) in [5.74, 6) is -0.958. The second-order valence-electron chi connectivity index (χ2n) is 8.02. The van der Waals surface area contributed by atoms with E-state index in [0.717, 1.165) is 32.4 Å². The summed E-state index contributed by atoms with van der Waals surface area (Å²) in [5.41, 5.74) is 7.29. The first-order valence-electron chi connectivity index (χ1n) is 9.98. The minimum atomic E-state index is -3.70. The zero-order valence-electron chi connectivity index (χ0n) is 17.5. The van der Waals surface area contributed by atoms with Crippen LogP contribution in [0.15, 0.2) is 57.8 Å². The molecule has 166 valence electrons. The average Bonchev–Trinajstić information content (AvgIpc) is 3.41. The number of sulfonamides is 1. The molecule has 0 saturated heterocycles. The molecule has 2 aliphatic heterocycles. The Hall–Kier alpha value is -3.05. The molecule has 2 N–H and O–H groups in total. The monoisotopic (exact) mass is 472 g/mol. The summed E-state index contributed by atoms with van der Waals surface area (Å²) in [4.78, 5) is 4.62. The molecule has 3 heterocycles. The summed E-state index contributed by atoms with van der Waals surface area (Å²) >= 11 is 1.22. The van der Waals surface area contributed by atoms with E-state index in [1.807, 2.05) is 35.3 Å². The van der Waals surface area contributed by atoms with Crippen molar-refractivity contribution in [2.75, 3.05) is 30.9 Å². The van der Waals surface area contributed by atoms with Crippen molar-refractivity contribution in [2.24, 2.45) is 21.1 Å². The lowest BCUT2D eigenvalue weighted by molar-refractivity contribution is 0.467. The molecule has 0 saturated carbocycles. The number of hydrogen-bond acceptors (Lipinski definition) is 8. The predicted molar refractivity (Wildman–Crippen MR) is 125 cm³/mol. The number of anilines is 1. The number of thiophene rings is 1. The Balaban J connectivity index is 1.61. The number of aliphatic imine (C=N–C) groups is 1. The summed E-state index contributed by atoms with van der Waals surface area (Å²) in [5, 5.41) is 10.3. The molecule has 1 unspecified atom stereocenters. The van der Waals surface area contributed by atoms with E-state index in [4.69, 9.17) is 5.73 Å². The van der Waals surface area contributed by atoms with Crippen molar-refractivity contribution in [1.29, 1.82) is 0 Å². The van der Waals surface area contributed by atoms with Gasteiger partial charge >= 0.3 is 0 Å². The standard InChI is InChI=1S/C21H21FN6O2S2/c1-21(12-32(29,30)27(2)20(23)25-21)19-17(22)16-5-3-4-15(18(16)31-19)13-6-8-14(9-7-13)28-11-10-24-26-28/h3-9H,10-12H2,1-2H3,(H2,23,25). The summed E-state index contributed by atoms with van der Waals surface area (Å²) in [6, 6.07) is 13.3. The number of fused-ring (bicyclic) bond motifs is 1. The number of rotatable bonds is 3. The van der Waals surface area contributed by atoms with Gasteiger partial charge in [-0.3, -0.25) is 0 Å². The molecule has 2 aliphatic rings. The fraction of sp³-hybridized carbons (Fsp3) is 0.286. The van der Waals surface area contributed by atoms with Crippen LogP contribution in [-0.4, -0.2) is 44.6 Å². The number of nitrogens with two attached hydrogens (primary N) is 1. The molecule has 0 radical (unpaired) electrons. The molecule has 0 aliphatic carbocycles. The molecule has 1 atom stereocenters. The van der Waals surface area contributed by atoms with E-state index in [9.17, 15) is 8.42 Å². The van der Waals surface area contributed by atoms with E-state index in [1.165, 1.54) is 18.4 Å². The maximum Gasteiger partial charge on any atom is 0.239 e. The van der Waals surface area contributed by atoms with Gasteiger partial charge in [-0.2, -0.15) is 5.11 Å². The highest BCUT2D eigenvalue weighted by atomic mass is 32.2. The second-order valence-corrected chi connectivity index (χ2v) is 11.0. The number of halogens is 1. The first-order valence-corrected chi connectivity index (χ1v) is 12.4. The molecule has 3 aromatic rings. The Morgan fingerprint density at radius 1 is 1.19 bits per heavy atom. The van der Waals surface area contributed by atoms with Crippen molar-refractivity contribution in [2.45, 2.75) is 12.5 Å². The molecular formula is C21H21FN6O2S2. The van der Waals surface area contributed by atoms with Gasteiger partial charge in [-0.1, -0.05) is 35.6 Å². The highest BCUT2D eigenvalue weighted by Crippen LogP contribution is 2.44. The highest BCUT2D eigenvalue weighted by Gasteiger charge is 2.43. The van der Waals surface area contributed by atoms with Gasteiger partial charge in [0.2, 0.25) is 16.0 Å². The maximum atomic E-state index is 15.6. The fourth-order valence-corrected chi connectivity index (χ4v) is 6.86. The van der Waals surface area contributed by atoms with Crippen LogP contribution in [0.25, 0.3) is 21.2 Å². The zero-order valence-corrected chi connectivity index (χ0v) is 19.1. The molecule has 0 bridgehead atoms. The Morgan fingerprint density at radius 2 is 1.94 bits per heavy atom. The maximum absolute atomic E-state index is 15.6. The second kappa shape index (κ2) is 7.24. The molecular weight excluding hydrogens is 451 g/mol. The Kier molecular flexibility index (Phi) is 4.71. The van der Waals surface area contributed by atoms with Crippen molar-refractivity contribution in [3.05, 3.63) is 53.2 Å². The number of hydrogen-bond donors (Lipinski definition) is 1. The van der Waals surface area contributed by atoms with Crippen LogP contribution in [0.5, 0.6) is 0 Å². The third kappa shape index (κ3) is 3.23. The van der Waals surface area contributed by atoms with Gasteiger partial charge < -0.3 is 5.73 Å². The molecule has 11 heteroatoms.